The van der Waals surface area contributed by atoms with Crippen molar-refractivity contribution in [2.24, 2.45) is 0 Å². The molecule has 2 aromatic carbocycles. The molecule has 0 fully saturated rings. The highest BCUT2D eigenvalue weighted by atomic mass is 19.1. The predicted molar refractivity (Wildman–Crippen MR) is 79.4 cm³/mol. The highest BCUT2D eigenvalue weighted by Gasteiger charge is 2.16. The number of nitrogens with one attached hydrogen (secondary N) is 1. The van der Waals surface area contributed by atoms with Gasteiger partial charge in [0.2, 0.25) is 0 Å². The first-order chi connectivity index (χ1) is 9.63. The summed E-state index contributed by atoms with van der Waals surface area (Å²) in [5.74, 6) is 0.660. The van der Waals surface area contributed by atoms with E-state index < -0.39 is 0 Å². The van der Waals surface area contributed by atoms with E-state index in [0.29, 0.717) is 5.56 Å². The van der Waals surface area contributed by atoms with Crippen LogP contribution in [0.5, 0.6) is 5.75 Å². The van der Waals surface area contributed by atoms with Gasteiger partial charge in [0.05, 0.1) is 7.11 Å². The summed E-state index contributed by atoms with van der Waals surface area (Å²) in [6.45, 7) is 4.01. The van der Waals surface area contributed by atoms with Crippen molar-refractivity contribution in [1.82, 2.24) is 5.32 Å². The third-order valence-corrected chi connectivity index (χ3v) is 3.48. The summed E-state index contributed by atoms with van der Waals surface area (Å²) in [4.78, 5) is 0. The zero-order valence-corrected chi connectivity index (χ0v) is 12.1. The Morgan fingerprint density at radius 2 is 1.45 bits per heavy atom. The van der Waals surface area contributed by atoms with Crippen LogP contribution in [0.3, 0.4) is 0 Å². The molecular formula is C17H20FNO. The number of hydrogen-bond donors (Lipinski definition) is 1. The minimum absolute atomic E-state index is 0.0701. The molecule has 0 aliphatic carbocycles. The molecule has 2 atom stereocenters. The molecule has 3 heteroatoms. The Morgan fingerprint density at radius 1 is 0.900 bits per heavy atom. The summed E-state index contributed by atoms with van der Waals surface area (Å²) in [5, 5.41) is 3.41. The number of ether oxygens (including phenoxy) is 1. The lowest BCUT2D eigenvalue weighted by Crippen LogP contribution is -2.23. The van der Waals surface area contributed by atoms with Crippen LogP contribution in [-0.2, 0) is 0 Å². The van der Waals surface area contributed by atoms with Gasteiger partial charge < -0.3 is 10.1 Å². The summed E-state index contributed by atoms with van der Waals surface area (Å²) >= 11 is 0. The first-order valence-electron chi connectivity index (χ1n) is 6.77. The van der Waals surface area contributed by atoms with Gasteiger partial charge >= 0.3 is 0 Å². The van der Waals surface area contributed by atoms with Gasteiger partial charge in [0.25, 0.3) is 0 Å². The van der Waals surface area contributed by atoms with Crippen LogP contribution in [0.1, 0.15) is 37.1 Å². The van der Waals surface area contributed by atoms with Crippen molar-refractivity contribution in [2.45, 2.75) is 25.9 Å². The molecule has 2 aromatic rings. The Balaban J connectivity index is 2.15. The van der Waals surface area contributed by atoms with Crippen molar-refractivity contribution < 1.29 is 9.13 Å². The van der Waals surface area contributed by atoms with Crippen LogP contribution in [0.15, 0.2) is 48.5 Å². The Morgan fingerprint density at radius 3 is 2.10 bits per heavy atom. The maximum absolute atomic E-state index is 13.8. The summed E-state index contributed by atoms with van der Waals surface area (Å²) < 4.78 is 19.1. The van der Waals surface area contributed by atoms with Gasteiger partial charge in [-0.3, -0.25) is 0 Å². The van der Waals surface area contributed by atoms with E-state index in [4.69, 9.17) is 4.74 Å². The fourth-order valence-corrected chi connectivity index (χ4v) is 2.40. The topological polar surface area (TPSA) is 21.3 Å². The predicted octanol–water partition coefficient (Wildman–Crippen LogP) is 4.25. The second-order valence-corrected chi connectivity index (χ2v) is 4.87. The van der Waals surface area contributed by atoms with Gasteiger partial charge in [-0.05, 0) is 26.0 Å². The van der Waals surface area contributed by atoms with Crippen LogP contribution in [0.2, 0.25) is 0 Å². The maximum atomic E-state index is 13.8. The first kappa shape index (κ1) is 14.5. The van der Waals surface area contributed by atoms with Crippen LogP contribution in [-0.4, -0.2) is 7.11 Å². The van der Waals surface area contributed by atoms with Gasteiger partial charge in [-0.1, -0.05) is 36.4 Å². The largest absolute Gasteiger partial charge is 0.496 e. The third kappa shape index (κ3) is 3.17. The standard InChI is InChI=1S/C17H20FNO/c1-12(14-8-4-6-10-16(14)18)19-13(2)15-9-5-7-11-17(15)20-3/h4-13,19H,1-3H3/t12?,13-/m0/s1. The van der Waals surface area contributed by atoms with E-state index >= 15 is 0 Å². The van der Waals surface area contributed by atoms with Crippen molar-refractivity contribution >= 4 is 0 Å². The van der Waals surface area contributed by atoms with Crippen LogP contribution >= 0.6 is 0 Å². The summed E-state index contributed by atoms with van der Waals surface area (Å²) in [7, 11) is 1.66. The average Bonchev–Trinajstić information content (AvgIpc) is 2.47. The Kier molecular flexibility index (Phi) is 4.74. The molecule has 0 heterocycles. The number of rotatable bonds is 5. The van der Waals surface area contributed by atoms with E-state index in [1.165, 1.54) is 6.07 Å². The molecule has 0 aliphatic rings. The van der Waals surface area contributed by atoms with Crippen molar-refractivity contribution in [1.29, 1.82) is 0 Å². The normalized spacial score (nSPS) is 13.8. The van der Waals surface area contributed by atoms with E-state index in [1.54, 1.807) is 13.2 Å². The van der Waals surface area contributed by atoms with Crippen LogP contribution < -0.4 is 10.1 Å². The van der Waals surface area contributed by atoms with Crippen LogP contribution in [0.4, 0.5) is 4.39 Å². The molecule has 1 unspecified atom stereocenters. The Hall–Kier alpha value is -1.87. The van der Waals surface area contributed by atoms with Crippen LogP contribution in [0, 0.1) is 5.82 Å². The smallest absolute Gasteiger partial charge is 0.127 e. The Bertz CT molecular complexity index is 570. The Labute approximate surface area is 119 Å². The lowest BCUT2D eigenvalue weighted by atomic mass is 10.0. The molecule has 0 saturated carbocycles. The minimum atomic E-state index is -0.181. The summed E-state index contributed by atoms with van der Waals surface area (Å²) in [6.07, 6.45) is 0. The lowest BCUT2D eigenvalue weighted by molar-refractivity contribution is 0.395. The van der Waals surface area contributed by atoms with Gasteiger partial charge in [-0.15, -0.1) is 0 Å². The fraction of sp³-hybridized carbons (Fsp3) is 0.294. The number of para-hydroxylation sites is 1. The molecule has 0 saturated heterocycles. The maximum Gasteiger partial charge on any atom is 0.127 e. The van der Waals surface area contributed by atoms with E-state index in [9.17, 15) is 4.39 Å². The highest BCUT2D eigenvalue weighted by molar-refractivity contribution is 5.35. The van der Waals surface area contributed by atoms with Crippen molar-refractivity contribution in [3.05, 3.63) is 65.5 Å². The van der Waals surface area contributed by atoms with E-state index in [2.05, 4.69) is 12.2 Å². The van der Waals surface area contributed by atoms with Gasteiger partial charge in [0.1, 0.15) is 11.6 Å². The highest BCUT2D eigenvalue weighted by Crippen LogP contribution is 2.27. The van der Waals surface area contributed by atoms with E-state index in [1.807, 2.05) is 43.3 Å². The average molecular weight is 273 g/mol. The molecule has 2 nitrogen and oxygen atoms in total. The molecule has 0 bridgehead atoms. The molecule has 0 spiro atoms. The molecule has 0 radical (unpaired) electrons. The molecule has 0 aliphatic heterocycles. The van der Waals surface area contributed by atoms with Crippen molar-refractivity contribution in [3.63, 3.8) is 0 Å². The van der Waals surface area contributed by atoms with E-state index in [0.717, 1.165) is 11.3 Å². The van der Waals surface area contributed by atoms with Gasteiger partial charge in [-0.2, -0.15) is 0 Å². The SMILES string of the molecule is COc1ccccc1[C@H](C)NC(C)c1ccccc1F. The van der Waals surface area contributed by atoms with Crippen molar-refractivity contribution in [3.8, 4) is 5.75 Å². The van der Waals surface area contributed by atoms with Gasteiger partial charge in [0, 0.05) is 23.2 Å². The minimum Gasteiger partial charge on any atom is -0.496 e. The molecule has 20 heavy (non-hydrogen) atoms. The molecule has 1 N–H and O–H groups in total. The zero-order valence-electron chi connectivity index (χ0n) is 12.1. The number of benzene rings is 2. The van der Waals surface area contributed by atoms with Crippen molar-refractivity contribution in [2.75, 3.05) is 7.11 Å². The molecule has 0 amide bonds. The molecule has 2 rings (SSSR count). The second kappa shape index (κ2) is 6.53. The quantitative estimate of drug-likeness (QED) is 0.879. The molecule has 0 aromatic heterocycles. The zero-order chi connectivity index (χ0) is 14.5. The molecule has 106 valence electrons. The number of hydrogen-bond acceptors (Lipinski definition) is 2. The summed E-state index contributed by atoms with van der Waals surface area (Å²) in [6, 6.07) is 14.7. The van der Waals surface area contributed by atoms with E-state index in [-0.39, 0.29) is 17.9 Å². The number of methoxy groups -OCH3 is 1. The fourth-order valence-electron chi connectivity index (χ4n) is 2.40. The van der Waals surface area contributed by atoms with Gasteiger partial charge in [-0.25, -0.2) is 4.39 Å². The van der Waals surface area contributed by atoms with Crippen LogP contribution in [0.25, 0.3) is 0 Å². The number of halogens is 1. The third-order valence-electron chi connectivity index (χ3n) is 3.48. The van der Waals surface area contributed by atoms with Gasteiger partial charge in [0.15, 0.2) is 0 Å². The monoisotopic (exact) mass is 273 g/mol. The molecular weight excluding hydrogens is 253 g/mol. The lowest BCUT2D eigenvalue weighted by Gasteiger charge is -2.22. The second-order valence-electron chi connectivity index (χ2n) is 4.87. The summed E-state index contributed by atoms with van der Waals surface area (Å²) in [5.41, 5.74) is 1.74. The first-order valence-corrected chi connectivity index (χ1v) is 6.77.